The third kappa shape index (κ3) is 2.26. The monoisotopic (exact) mass is 265 g/mol. The summed E-state index contributed by atoms with van der Waals surface area (Å²) in [5, 5.41) is 3.64. The average Bonchev–Trinajstić information content (AvgIpc) is 2.95. The molecule has 1 unspecified atom stereocenters. The van der Waals surface area contributed by atoms with Crippen molar-refractivity contribution in [2.24, 2.45) is 5.92 Å². The SMILES string of the molecule is Brc1ccc2c(c1)CC(CNC1CC1)C2. The molecule has 0 bridgehead atoms. The van der Waals surface area contributed by atoms with Gasteiger partial charge in [-0.3, -0.25) is 0 Å². The molecule has 1 saturated carbocycles. The Hall–Kier alpha value is -0.340. The highest BCUT2D eigenvalue weighted by atomic mass is 79.9. The van der Waals surface area contributed by atoms with Crippen molar-refractivity contribution >= 4 is 15.9 Å². The van der Waals surface area contributed by atoms with Gasteiger partial charge in [-0.05, 0) is 61.4 Å². The lowest BCUT2D eigenvalue weighted by Crippen LogP contribution is -2.24. The number of nitrogens with one attached hydrogen (secondary N) is 1. The Kier molecular flexibility index (Phi) is 2.57. The largest absolute Gasteiger partial charge is 0.314 e. The standard InChI is InChI=1S/C13H16BrN/c14-12-2-1-10-5-9(6-11(10)7-12)8-15-13-3-4-13/h1-2,7,9,13,15H,3-6,8H2. The van der Waals surface area contributed by atoms with E-state index in [4.69, 9.17) is 0 Å². The van der Waals surface area contributed by atoms with Crippen molar-refractivity contribution in [3.05, 3.63) is 33.8 Å². The molecule has 0 heterocycles. The van der Waals surface area contributed by atoms with Crippen LogP contribution in [-0.4, -0.2) is 12.6 Å². The quantitative estimate of drug-likeness (QED) is 0.887. The highest BCUT2D eigenvalue weighted by molar-refractivity contribution is 9.10. The summed E-state index contributed by atoms with van der Waals surface area (Å²) in [5.74, 6) is 0.829. The van der Waals surface area contributed by atoms with E-state index in [-0.39, 0.29) is 0 Å². The number of benzene rings is 1. The van der Waals surface area contributed by atoms with Gasteiger partial charge in [0.05, 0.1) is 0 Å². The van der Waals surface area contributed by atoms with Crippen LogP contribution < -0.4 is 5.32 Å². The Morgan fingerprint density at radius 2 is 2.00 bits per heavy atom. The van der Waals surface area contributed by atoms with Crippen LogP contribution in [0, 0.1) is 5.92 Å². The zero-order valence-corrected chi connectivity index (χ0v) is 10.4. The third-order valence-electron chi connectivity index (χ3n) is 3.46. The second-order valence-corrected chi connectivity index (χ2v) is 5.79. The number of rotatable bonds is 3. The van der Waals surface area contributed by atoms with Gasteiger partial charge in [0.25, 0.3) is 0 Å². The molecule has 15 heavy (non-hydrogen) atoms. The fraction of sp³-hybridized carbons (Fsp3) is 0.538. The zero-order valence-electron chi connectivity index (χ0n) is 8.80. The van der Waals surface area contributed by atoms with Gasteiger partial charge < -0.3 is 5.32 Å². The van der Waals surface area contributed by atoms with Crippen LogP contribution in [0.25, 0.3) is 0 Å². The minimum absolute atomic E-state index is 0.829. The van der Waals surface area contributed by atoms with Gasteiger partial charge in [0, 0.05) is 10.5 Å². The molecule has 0 aliphatic heterocycles. The van der Waals surface area contributed by atoms with Crippen LogP contribution in [0.2, 0.25) is 0 Å². The molecule has 0 amide bonds. The van der Waals surface area contributed by atoms with E-state index in [1.54, 1.807) is 11.1 Å². The van der Waals surface area contributed by atoms with Gasteiger partial charge in [-0.25, -0.2) is 0 Å². The predicted molar refractivity (Wildman–Crippen MR) is 66.1 cm³/mol. The van der Waals surface area contributed by atoms with E-state index in [1.807, 2.05) is 0 Å². The Labute approximate surface area is 99.4 Å². The highest BCUT2D eigenvalue weighted by Gasteiger charge is 2.25. The van der Waals surface area contributed by atoms with Crippen molar-refractivity contribution in [1.29, 1.82) is 0 Å². The summed E-state index contributed by atoms with van der Waals surface area (Å²) in [6.45, 7) is 1.21. The summed E-state index contributed by atoms with van der Waals surface area (Å²) < 4.78 is 1.22. The molecule has 0 aromatic heterocycles. The van der Waals surface area contributed by atoms with Crippen molar-refractivity contribution in [2.45, 2.75) is 31.7 Å². The molecule has 1 aromatic carbocycles. The Bertz CT molecular complexity index is 371. The number of halogens is 1. The van der Waals surface area contributed by atoms with E-state index < -0.39 is 0 Å². The Morgan fingerprint density at radius 1 is 1.20 bits per heavy atom. The van der Waals surface area contributed by atoms with E-state index in [2.05, 4.69) is 39.4 Å². The Balaban J connectivity index is 1.63. The molecule has 1 fully saturated rings. The van der Waals surface area contributed by atoms with E-state index in [1.165, 1.54) is 36.7 Å². The van der Waals surface area contributed by atoms with Gasteiger partial charge in [-0.15, -0.1) is 0 Å². The third-order valence-corrected chi connectivity index (χ3v) is 3.95. The maximum atomic E-state index is 3.64. The molecule has 1 aromatic rings. The topological polar surface area (TPSA) is 12.0 Å². The number of hydrogen-bond acceptors (Lipinski definition) is 1. The zero-order chi connectivity index (χ0) is 10.3. The smallest absolute Gasteiger partial charge is 0.0178 e. The Morgan fingerprint density at radius 3 is 2.80 bits per heavy atom. The summed E-state index contributed by atoms with van der Waals surface area (Å²) in [7, 11) is 0. The van der Waals surface area contributed by atoms with Crippen LogP contribution in [0.5, 0.6) is 0 Å². The summed E-state index contributed by atoms with van der Waals surface area (Å²) in [6.07, 6.45) is 5.31. The maximum absolute atomic E-state index is 3.64. The van der Waals surface area contributed by atoms with Crippen molar-refractivity contribution in [2.75, 3.05) is 6.54 Å². The van der Waals surface area contributed by atoms with E-state index in [9.17, 15) is 0 Å². The molecule has 0 spiro atoms. The molecule has 80 valence electrons. The second-order valence-electron chi connectivity index (χ2n) is 4.87. The molecule has 0 saturated heterocycles. The second kappa shape index (κ2) is 3.91. The molecule has 2 aliphatic carbocycles. The van der Waals surface area contributed by atoms with Crippen LogP contribution in [0.1, 0.15) is 24.0 Å². The molecular weight excluding hydrogens is 250 g/mol. The fourth-order valence-electron chi connectivity index (χ4n) is 2.44. The van der Waals surface area contributed by atoms with E-state index >= 15 is 0 Å². The minimum atomic E-state index is 0.829. The lowest BCUT2D eigenvalue weighted by Gasteiger charge is -2.09. The van der Waals surface area contributed by atoms with Crippen LogP contribution in [0.4, 0.5) is 0 Å². The minimum Gasteiger partial charge on any atom is -0.314 e. The molecule has 2 aliphatic rings. The summed E-state index contributed by atoms with van der Waals surface area (Å²) in [6, 6.07) is 7.57. The maximum Gasteiger partial charge on any atom is 0.0178 e. The average molecular weight is 266 g/mol. The molecule has 1 N–H and O–H groups in total. The first kappa shape index (κ1) is 9.86. The van der Waals surface area contributed by atoms with E-state index in [0.29, 0.717) is 0 Å². The fourth-order valence-corrected chi connectivity index (χ4v) is 2.85. The van der Waals surface area contributed by atoms with E-state index in [0.717, 1.165) is 12.0 Å². The number of hydrogen-bond donors (Lipinski definition) is 1. The van der Waals surface area contributed by atoms with Gasteiger partial charge in [-0.2, -0.15) is 0 Å². The lowest BCUT2D eigenvalue weighted by atomic mass is 10.1. The van der Waals surface area contributed by atoms with Crippen molar-refractivity contribution in [3.8, 4) is 0 Å². The van der Waals surface area contributed by atoms with Crippen molar-refractivity contribution < 1.29 is 0 Å². The van der Waals surface area contributed by atoms with Crippen LogP contribution in [0.3, 0.4) is 0 Å². The first-order valence-electron chi connectivity index (χ1n) is 5.82. The van der Waals surface area contributed by atoms with Crippen LogP contribution in [0.15, 0.2) is 22.7 Å². The van der Waals surface area contributed by atoms with Gasteiger partial charge in [0.2, 0.25) is 0 Å². The first-order valence-corrected chi connectivity index (χ1v) is 6.61. The lowest BCUT2D eigenvalue weighted by molar-refractivity contribution is 0.496. The van der Waals surface area contributed by atoms with Gasteiger partial charge in [0.1, 0.15) is 0 Å². The summed E-state index contributed by atoms with van der Waals surface area (Å²) in [4.78, 5) is 0. The molecule has 3 rings (SSSR count). The summed E-state index contributed by atoms with van der Waals surface area (Å²) >= 11 is 3.54. The number of fused-ring (bicyclic) bond motifs is 1. The normalized spacial score (nSPS) is 24.2. The van der Waals surface area contributed by atoms with Gasteiger partial charge in [-0.1, -0.05) is 22.0 Å². The van der Waals surface area contributed by atoms with Crippen LogP contribution in [-0.2, 0) is 12.8 Å². The molecular formula is C13H16BrN. The molecule has 2 heteroatoms. The van der Waals surface area contributed by atoms with Crippen molar-refractivity contribution in [1.82, 2.24) is 5.32 Å². The van der Waals surface area contributed by atoms with Crippen molar-refractivity contribution in [3.63, 3.8) is 0 Å². The van der Waals surface area contributed by atoms with Gasteiger partial charge >= 0.3 is 0 Å². The molecule has 1 atom stereocenters. The molecule has 1 nitrogen and oxygen atoms in total. The molecule has 0 radical (unpaired) electrons. The highest BCUT2D eigenvalue weighted by Crippen LogP contribution is 2.29. The summed E-state index contributed by atoms with van der Waals surface area (Å²) in [5.41, 5.74) is 3.10. The van der Waals surface area contributed by atoms with Crippen LogP contribution >= 0.6 is 15.9 Å². The first-order chi connectivity index (χ1) is 7.31. The predicted octanol–water partition coefficient (Wildman–Crippen LogP) is 2.92. The van der Waals surface area contributed by atoms with Gasteiger partial charge in [0.15, 0.2) is 0 Å².